The lowest BCUT2D eigenvalue weighted by atomic mass is 9.95. The smallest absolute Gasteiger partial charge is 0.256 e. The van der Waals surface area contributed by atoms with Gasteiger partial charge in [0, 0.05) is 18.3 Å². The Hall–Kier alpha value is -2.51. The summed E-state index contributed by atoms with van der Waals surface area (Å²) in [6.45, 7) is 2.31. The van der Waals surface area contributed by atoms with Gasteiger partial charge < -0.3 is 4.90 Å². The molecule has 1 N–H and O–H groups in total. The van der Waals surface area contributed by atoms with Gasteiger partial charge in [0.2, 0.25) is 0 Å². The van der Waals surface area contributed by atoms with Crippen LogP contribution in [0, 0.1) is 5.82 Å². The summed E-state index contributed by atoms with van der Waals surface area (Å²) in [6, 6.07) is 4.28. The molecule has 1 aliphatic rings. The van der Waals surface area contributed by atoms with E-state index in [4.69, 9.17) is 23.2 Å². The van der Waals surface area contributed by atoms with Crippen molar-refractivity contribution >= 4 is 29.1 Å². The lowest BCUT2D eigenvalue weighted by molar-refractivity contribution is 0.0672. The number of H-pyrrole nitrogens is 1. The number of carbonyl (C=O) groups is 1. The Morgan fingerprint density at radius 3 is 2.85 bits per heavy atom. The Labute approximate surface area is 164 Å². The summed E-state index contributed by atoms with van der Waals surface area (Å²) in [5.41, 5.74) is 3.36. The molecule has 138 valence electrons. The van der Waals surface area contributed by atoms with Crippen LogP contribution in [0.2, 0.25) is 10.0 Å². The van der Waals surface area contributed by atoms with Crippen LogP contribution in [0.5, 0.6) is 0 Å². The predicted octanol–water partition coefficient (Wildman–Crippen LogP) is 4.07. The van der Waals surface area contributed by atoms with Crippen LogP contribution in [0.15, 0.2) is 30.7 Å². The molecule has 2 aromatic heterocycles. The summed E-state index contributed by atoms with van der Waals surface area (Å²) in [7, 11) is 0. The standard InChI is InChI=1S/C18H14Cl2FN5O/c1-9-16-11(17(23-8-22-16)13-4-6-24-25-13)5-7-26(9)18(27)10-2-3-12(19)15(21)14(10)20/h2-4,6,8-9H,5,7H2,1H3,(H,24,25). The Bertz CT molecular complexity index is 1020. The maximum absolute atomic E-state index is 14.0. The average Bonchev–Trinajstić information content (AvgIpc) is 3.20. The highest BCUT2D eigenvalue weighted by molar-refractivity contribution is 6.37. The van der Waals surface area contributed by atoms with Crippen molar-refractivity contribution in [3.8, 4) is 11.4 Å². The minimum Gasteiger partial charge on any atom is -0.330 e. The van der Waals surface area contributed by atoms with Crippen molar-refractivity contribution in [3.05, 3.63) is 63.4 Å². The van der Waals surface area contributed by atoms with E-state index >= 15 is 0 Å². The first kappa shape index (κ1) is 17.9. The van der Waals surface area contributed by atoms with Crippen LogP contribution in [0.4, 0.5) is 4.39 Å². The van der Waals surface area contributed by atoms with Gasteiger partial charge in [-0.05, 0) is 31.5 Å². The van der Waals surface area contributed by atoms with Gasteiger partial charge in [-0.2, -0.15) is 5.10 Å². The number of fused-ring (bicyclic) bond motifs is 1. The second-order valence-electron chi connectivity index (χ2n) is 6.20. The minimum absolute atomic E-state index is 0.0803. The Kier molecular flexibility index (Phi) is 4.57. The van der Waals surface area contributed by atoms with Gasteiger partial charge in [0.05, 0.1) is 38.7 Å². The third kappa shape index (κ3) is 2.96. The molecule has 0 spiro atoms. The van der Waals surface area contributed by atoms with Crippen LogP contribution in [0.25, 0.3) is 11.4 Å². The number of aromatic amines is 1. The molecule has 0 bridgehead atoms. The summed E-state index contributed by atoms with van der Waals surface area (Å²) >= 11 is 11.7. The molecule has 9 heteroatoms. The summed E-state index contributed by atoms with van der Waals surface area (Å²) in [5.74, 6) is -1.16. The second-order valence-corrected chi connectivity index (χ2v) is 6.99. The van der Waals surface area contributed by atoms with Gasteiger partial charge in [-0.15, -0.1) is 0 Å². The molecule has 4 rings (SSSR count). The van der Waals surface area contributed by atoms with Gasteiger partial charge in [-0.25, -0.2) is 14.4 Å². The van der Waals surface area contributed by atoms with Gasteiger partial charge in [0.15, 0.2) is 5.82 Å². The molecule has 3 heterocycles. The molecular formula is C18H14Cl2FN5O. The van der Waals surface area contributed by atoms with Gasteiger partial charge >= 0.3 is 0 Å². The monoisotopic (exact) mass is 405 g/mol. The molecule has 1 unspecified atom stereocenters. The molecule has 0 fully saturated rings. The molecule has 6 nitrogen and oxygen atoms in total. The van der Waals surface area contributed by atoms with Crippen LogP contribution in [-0.4, -0.2) is 37.5 Å². The molecule has 0 saturated carbocycles. The molecule has 1 amide bonds. The third-order valence-electron chi connectivity index (χ3n) is 4.73. The Balaban J connectivity index is 1.71. The van der Waals surface area contributed by atoms with Crippen molar-refractivity contribution < 1.29 is 9.18 Å². The van der Waals surface area contributed by atoms with Gasteiger partial charge in [-0.3, -0.25) is 9.89 Å². The fraction of sp³-hybridized carbons (Fsp3) is 0.222. The molecule has 1 aliphatic heterocycles. The molecular weight excluding hydrogens is 392 g/mol. The van der Waals surface area contributed by atoms with E-state index in [2.05, 4.69) is 20.2 Å². The molecule has 3 aromatic rings. The van der Waals surface area contributed by atoms with Crippen molar-refractivity contribution in [2.75, 3.05) is 6.54 Å². The maximum atomic E-state index is 14.0. The van der Waals surface area contributed by atoms with E-state index in [1.54, 1.807) is 11.1 Å². The van der Waals surface area contributed by atoms with E-state index in [1.165, 1.54) is 18.5 Å². The molecule has 0 saturated heterocycles. The molecule has 0 aliphatic carbocycles. The minimum atomic E-state index is -0.793. The van der Waals surface area contributed by atoms with Crippen molar-refractivity contribution in [1.82, 2.24) is 25.1 Å². The second kappa shape index (κ2) is 6.90. The zero-order chi connectivity index (χ0) is 19.1. The fourth-order valence-corrected chi connectivity index (χ4v) is 3.80. The first-order valence-electron chi connectivity index (χ1n) is 8.27. The molecule has 1 aromatic carbocycles. The summed E-state index contributed by atoms with van der Waals surface area (Å²) < 4.78 is 14.0. The normalized spacial score (nSPS) is 16.3. The molecule has 0 radical (unpaired) electrons. The summed E-state index contributed by atoms with van der Waals surface area (Å²) in [5, 5.41) is 6.48. The number of amides is 1. The number of nitrogens with zero attached hydrogens (tertiary/aromatic N) is 4. The van der Waals surface area contributed by atoms with Crippen LogP contribution in [0.1, 0.15) is 34.6 Å². The van der Waals surface area contributed by atoms with E-state index in [1.807, 2.05) is 13.0 Å². The zero-order valence-electron chi connectivity index (χ0n) is 14.2. The summed E-state index contributed by atoms with van der Waals surface area (Å²) in [4.78, 5) is 23.4. The first-order chi connectivity index (χ1) is 13.0. The fourth-order valence-electron chi connectivity index (χ4n) is 3.35. The van der Waals surface area contributed by atoms with Gasteiger partial charge in [-0.1, -0.05) is 23.2 Å². The number of aromatic nitrogens is 4. The zero-order valence-corrected chi connectivity index (χ0v) is 15.7. The third-order valence-corrected chi connectivity index (χ3v) is 5.39. The molecule has 27 heavy (non-hydrogen) atoms. The first-order valence-corrected chi connectivity index (χ1v) is 9.02. The topological polar surface area (TPSA) is 74.8 Å². The van der Waals surface area contributed by atoms with Crippen molar-refractivity contribution in [1.29, 1.82) is 0 Å². The van der Waals surface area contributed by atoms with Crippen molar-refractivity contribution in [2.24, 2.45) is 0 Å². The Morgan fingerprint density at radius 2 is 2.11 bits per heavy atom. The van der Waals surface area contributed by atoms with Crippen LogP contribution >= 0.6 is 23.2 Å². The SMILES string of the molecule is CC1c2ncnc(-c3ccn[nH]3)c2CCN1C(=O)c1ccc(Cl)c(F)c1Cl. The van der Waals surface area contributed by atoms with Crippen LogP contribution < -0.4 is 0 Å². The van der Waals surface area contributed by atoms with Gasteiger partial charge in [0.25, 0.3) is 5.91 Å². The summed E-state index contributed by atoms with van der Waals surface area (Å²) in [6.07, 6.45) is 3.69. The van der Waals surface area contributed by atoms with E-state index in [9.17, 15) is 9.18 Å². The van der Waals surface area contributed by atoms with Gasteiger partial charge in [0.1, 0.15) is 6.33 Å². The lowest BCUT2D eigenvalue weighted by Crippen LogP contribution is -2.40. The molecule has 1 atom stereocenters. The average molecular weight is 406 g/mol. The number of hydrogen-bond acceptors (Lipinski definition) is 4. The quantitative estimate of drug-likeness (QED) is 0.651. The number of nitrogens with one attached hydrogen (secondary N) is 1. The van der Waals surface area contributed by atoms with Crippen molar-refractivity contribution in [2.45, 2.75) is 19.4 Å². The highest BCUT2D eigenvalue weighted by Gasteiger charge is 2.33. The predicted molar refractivity (Wildman–Crippen MR) is 99.2 cm³/mol. The van der Waals surface area contributed by atoms with Crippen molar-refractivity contribution in [3.63, 3.8) is 0 Å². The number of benzene rings is 1. The van der Waals surface area contributed by atoms with E-state index in [0.29, 0.717) is 13.0 Å². The largest absolute Gasteiger partial charge is 0.330 e. The van der Waals surface area contributed by atoms with Crippen LogP contribution in [0.3, 0.4) is 0 Å². The van der Waals surface area contributed by atoms with E-state index in [-0.39, 0.29) is 27.6 Å². The number of halogens is 3. The number of carbonyl (C=O) groups excluding carboxylic acids is 1. The Morgan fingerprint density at radius 1 is 1.30 bits per heavy atom. The van der Waals surface area contributed by atoms with Crippen LogP contribution in [-0.2, 0) is 6.42 Å². The highest BCUT2D eigenvalue weighted by Crippen LogP contribution is 2.35. The maximum Gasteiger partial charge on any atom is 0.256 e. The number of hydrogen-bond donors (Lipinski definition) is 1. The van der Waals surface area contributed by atoms with E-state index < -0.39 is 5.82 Å². The lowest BCUT2D eigenvalue weighted by Gasteiger charge is -2.35. The highest BCUT2D eigenvalue weighted by atomic mass is 35.5. The number of rotatable bonds is 2. The van der Waals surface area contributed by atoms with E-state index in [0.717, 1.165) is 22.6 Å².